The maximum absolute atomic E-state index is 4.99. The van der Waals surface area contributed by atoms with Gasteiger partial charge in [0, 0.05) is 5.69 Å². The molecule has 0 radical (unpaired) electrons. The summed E-state index contributed by atoms with van der Waals surface area (Å²) >= 11 is 6.41. The molecule has 0 spiro atoms. The van der Waals surface area contributed by atoms with E-state index in [4.69, 9.17) is 12.2 Å². The van der Waals surface area contributed by atoms with Crippen molar-refractivity contribution in [2.75, 3.05) is 5.32 Å². The summed E-state index contributed by atoms with van der Waals surface area (Å²) in [5.41, 5.74) is 1.02. The van der Waals surface area contributed by atoms with E-state index < -0.39 is 0 Å². The molecule has 0 fully saturated rings. The van der Waals surface area contributed by atoms with E-state index in [0.717, 1.165) is 10.8 Å². The highest BCUT2D eigenvalue weighted by molar-refractivity contribution is 7.73. The summed E-state index contributed by atoms with van der Waals surface area (Å²) in [7, 11) is 0. The number of aromatic nitrogens is 2. The summed E-state index contributed by atoms with van der Waals surface area (Å²) in [6, 6.07) is 14.5. The van der Waals surface area contributed by atoms with Crippen LogP contribution in [-0.2, 0) is 0 Å². The summed E-state index contributed by atoms with van der Waals surface area (Å²) < 4.78 is 0.674. The highest BCUT2D eigenvalue weighted by atomic mass is 32.1. The molecule has 0 unspecified atom stereocenters. The van der Waals surface area contributed by atoms with Crippen molar-refractivity contribution in [3.8, 4) is 0 Å². The standard InChI is InChI=1S/C12H9N3S2/c16-12-15-14-11(17-12)13-10-6-5-8-3-1-2-4-9(8)7-10/h1-7H,(H,13,14)(H,15,16). The predicted molar refractivity (Wildman–Crippen MR) is 74.5 cm³/mol. The van der Waals surface area contributed by atoms with Crippen LogP contribution in [0.25, 0.3) is 10.8 Å². The van der Waals surface area contributed by atoms with Crippen molar-refractivity contribution in [2.24, 2.45) is 0 Å². The van der Waals surface area contributed by atoms with Crippen molar-refractivity contribution in [3.05, 3.63) is 46.4 Å². The van der Waals surface area contributed by atoms with Crippen molar-refractivity contribution in [2.45, 2.75) is 0 Å². The van der Waals surface area contributed by atoms with Crippen LogP contribution in [0.3, 0.4) is 0 Å². The van der Waals surface area contributed by atoms with Gasteiger partial charge in [-0.3, -0.25) is 5.10 Å². The van der Waals surface area contributed by atoms with Crippen molar-refractivity contribution in [1.82, 2.24) is 10.2 Å². The average Bonchev–Trinajstić information content (AvgIpc) is 2.75. The first-order valence-electron chi connectivity index (χ1n) is 5.12. The highest BCUT2D eigenvalue weighted by Crippen LogP contribution is 2.23. The van der Waals surface area contributed by atoms with Gasteiger partial charge in [-0.05, 0) is 35.1 Å². The largest absolute Gasteiger partial charge is 0.330 e. The third-order valence-corrected chi connectivity index (χ3v) is 3.44. The van der Waals surface area contributed by atoms with E-state index in [9.17, 15) is 0 Å². The minimum absolute atomic E-state index is 0.674. The molecule has 0 bridgehead atoms. The predicted octanol–water partition coefficient (Wildman–Crippen LogP) is 4.10. The number of rotatable bonds is 2. The minimum atomic E-state index is 0.674. The van der Waals surface area contributed by atoms with Crippen LogP contribution in [0.2, 0.25) is 0 Å². The van der Waals surface area contributed by atoms with E-state index in [1.807, 2.05) is 18.2 Å². The third kappa shape index (κ3) is 2.20. The number of benzene rings is 2. The van der Waals surface area contributed by atoms with E-state index in [-0.39, 0.29) is 0 Å². The molecule has 0 saturated heterocycles. The lowest BCUT2D eigenvalue weighted by molar-refractivity contribution is 1.08. The Balaban J connectivity index is 1.98. The molecular formula is C12H9N3S2. The van der Waals surface area contributed by atoms with Crippen LogP contribution in [0.4, 0.5) is 10.8 Å². The second-order valence-corrected chi connectivity index (χ2v) is 5.27. The zero-order valence-corrected chi connectivity index (χ0v) is 10.4. The van der Waals surface area contributed by atoms with Gasteiger partial charge in [-0.15, -0.1) is 5.10 Å². The fourth-order valence-electron chi connectivity index (χ4n) is 1.67. The van der Waals surface area contributed by atoms with Crippen LogP contribution >= 0.6 is 23.6 Å². The molecule has 2 N–H and O–H groups in total. The normalized spacial score (nSPS) is 10.6. The molecule has 5 heteroatoms. The second-order valence-electron chi connectivity index (χ2n) is 3.61. The number of H-pyrrole nitrogens is 1. The lowest BCUT2D eigenvalue weighted by Crippen LogP contribution is -1.89. The van der Waals surface area contributed by atoms with Crippen LogP contribution in [0.5, 0.6) is 0 Å². The van der Waals surface area contributed by atoms with Crippen LogP contribution < -0.4 is 5.32 Å². The van der Waals surface area contributed by atoms with Gasteiger partial charge < -0.3 is 5.32 Å². The van der Waals surface area contributed by atoms with E-state index in [2.05, 4.69) is 39.8 Å². The number of nitrogens with one attached hydrogen (secondary N) is 2. The topological polar surface area (TPSA) is 40.7 Å². The Morgan fingerprint density at radius 1 is 1.12 bits per heavy atom. The van der Waals surface area contributed by atoms with E-state index in [0.29, 0.717) is 3.95 Å². The van der Waals surface area contributed by atoms with Crippen molar-refractivity contribution < 1.29 is 0 Å². The van der Waals surface area contributed by atoms with Crippen molar-refractivity contribution in [3.63, 3.8) is 0 Å². The molecule has 0 saturated carbocycles. The molecule has 3 aromatic rings. The van der Waals surface area contributed by atoms with Crippen LogP contribution in [0, 0.1) is 3.95 Å². The first-order chi connectivity index (χ1) is 8.31. The number of aromatic amines is 1. The average molecular weight is 259 g/mol. The van der Waals surface area contributed by atoms with E-state index in [1.54, 1.807) is 0 Å². The summed E-state index contributed by atoms with van der Waals surface area (Å²) in [6.07, 6.45) is 0. The smallest absolute Gasteiger partial charge is 0.208 e. The van der Waals surface area contributed by atoms with Crippen LogP contribution in [0.15, 0.2) is 42.5 Å². The molecule has 3 nitrogen and oxygen atoms in total. The minimum Gasteiger partial charge on any atom is -0.330 e. The number of nitrogens with zero attached hydrogens (tertiary/aromatic N) is 1. The van der Waals surface area contributed by atoms with E-state index >= 15 is 0 Å². The van der Waals surface area contributed by atoms with Crippen molar-refractivity contribution in [1.29, 1.82) is 0 Å². The Hall–Kier alpha value is -1.72. The summed E-state index contributed by atoms with van der Waals surface area (Å²) in [5, 5.41) is 13.3. The molecule has 1 aromatic heterocycles. The fourth-order valence-corrected chi connectivity index (χ4v) is 2.48. The van der Waals surface area contributed by atoms with Crippen LogP contribution in [-0.4, -0.2) is 10.2 Å². The van der Waals surface area contributed by atoms with Gasteiger partial charge in [-0.2, -0.15) is 0 Å². The Kier molecular flexibility index (Phi) is 2.62. The Morgan fingerprint density at radius 3 is 2.71 bits per heavy atom. The molecular weight excluding hydrogens is 250 g/mol. The summed E-state index contributed by atoms with van der Waals surface area (Å²) in [6.45, 7) is 0. The second kappa shape index (κ2) is 4.27. The summed E-state index contributed by atoms with van der Waals surface area (Å²) in [4.78, 5) is 0. The Labute approximate surface area is 107 Å². The molecule has 0 amide bonds. The van der Waals surface area contributed by atoms with Gasteiger partial charge in [0.1, 0.15) is 0 Å². The lowest BCUT2D eigenvalue weighted by atomic mass is 10.1. The lowest BCUT2D eigenvalue weighted by Gasteiger charge is -2.03. The number of fused-ring (bicyclic) bond motifs is 1. The SMILES string of the molecule is S=c1[nH]nc(Nc2ccc3ccccc3c2)s1. The van der Waals surface area contributed by atoms with Gasteiger partial charge in [0.25, 0.3) is 0 Å². The van der Waals surface area contributed by atoms with Gasteiger partial charge in [0.2, 0.25) is 5.13 Å². The van der Waals surface area contributed by atoms with Crippen LogP contribution in [0.1, 0.15) is 0 Å². The third-order valence-electron chi connectivity index (χ3n) is 2.44. The molecule has 84 valence electrons. The van der Waals surface area contributed by atoms with Gasteiger partial charge >= 0.3 is 0 Å². The first kappa shape index (κ1) is 10.4. The molecule has 17 heavy (non-hydrogen) atoms. The number of hydrogen-bond donors (Lipinski definition) is 2. The van der Waals surface area contributed by atoms with Gasteiger partial charge in [-0.1, -0.05) is 41.7 Å². The molecule has 3 rings (SSSR count). The molecule has 2 aromatic carbocycles. The fraction of sp³-hybridized carbons (Fsp3) is 0. The maximum Gasteiger partial charge on any atom is 0.208 e. The van der Waals surface area contributed by atoms with Gasteiger partial charge in [-0.25, -0.2) is 0 Å². The Morgan fingerprint density at radius 2 is 1.94 bits per heavy atom. The molecule has 0 aliphatic heterocycles. The van der Waals surface area contributed by atoms with Crippen molar-refractivity contribution >= 4 is 45.1 Å². The Bertz CT molecular complexity index is 715. The highest BCUT2D eigenvalue weighted by Gasteiger charge is 1.99. The number of anilines is 2. The van der Waals surface area contributed by atoms with Gasteiger partial charge in [0.05, 0.1) is 0 Å². The molecule has 1 heterocycles. The molecule has 0 aliphatic rings. The molecule has 0 atom stereocenters. The zero-order chi connectivity index (χ0) is 11.7. The number of hydrogen-bond acceptors (Lipinski definition) is 4. The van der Waals surface area contributed by atoms with Gasteiger partial charge in [0.15, 0.2) is 3.95 Å². The first-order valence-corrected chi connectivity index (χ1v) is 6.35. The zero-order valence-electron chi connectivity index (χ0n) is 8.81. The quantitative estimate of drug-likeness (QED) is 0.681. The molecule has 0 aliphatic carbocycles. The maximum atomic E-state index is 4.99. The monoisotopic (exact) mass is 259 g/mol. The van der Waals surface area contributed by atoms with E-state index in [1.165, 1.54) is 22.1 Å². The summed E-state index contributed by atoms with van der Waals surface area (Å²) in [5.74, 6) is 0.